The second-order valence-corrected chi connectivity index (χ2v) is 8.65. The number of rotatable bonds is 3. The highest BCUT2D eigenvalue weighted by atomic mass is 14.2. The molecular weight excluding hydrogens is 384 g/mol. The van der Waals surface area contributed by atoms with E-state index >= 15 is 0 Å². The van der Waals surface area contributed by atoms with Crippen molar-refractivity contribution in [3.63, 3.8) is 0 Å². The molecule has 0 bridgehead atoms. The van der Waals surface area contributed by atoms with Crippen molar-refractivity contribution in [2.45, 2.75) is 26.2 Å². The molecule has 0 spiro atoms. The molecule has 1 aliphatic rings. The molecule has 32 heavy (non-hydrogen) atoms. The Labute approximate surface area is 189 Å². The molecule has 0 amide bonds. The molecule has 0 radical (unpaired) electrons. The largest absolute Gasteiger partial charge is 0.0836 e. The van der Waals surface area contributed by atoms with E-state index < -0.39 is 0 Å². The number of aryl methyl sites for hydroxylation is 1. The quantitative estimate of drug-likeness (QED) is 0.260. The lowest BCUT2D eigenvalue weighted by molar-refractivity contribution is 1.04. The van der Waals surface area contributed by atoms with E-state index in [1.165, 1.54) is 60.1 Å². The van der Waals surface area contributed by atoms with Gasteiger partial charge in [-0.1, -0.05) is 110 Å². The smallest absolute Gasteiger partial charge is 0.00201 e. The van der Waals surface area contributed by atoms with Gasteiger partial charge in [-0.05, 0) is 79.4 Å². The number of allylic oxidation sites excluding steroid dienone is 4. The van der Waals surface area contributed by atoms with Gasteiger partial charge in [0.15, 0.2) is 0 Å². The molecule has 1 aliphatic carbocycles. The molecule has 0 heterocycles. The molecule has 0 aromatic heterocycles. The Bertz CT molecular complexity index is 1490. The van der Waals surface area contributed by atoms with Gasteiger partial charge in [0.05, 0.1) is 0 Å². The summed E-state index contributed by atoms with van der Waals surface area (Å²) in [6.45, 7) is 2.24. The molecule has 0 unspecified atom stereocenters. The van der Waals surface area contributed by atoms with Crippen molar-refractivity contribution >= 4 is 37.9 Å². The molecule has 0 N–H and O–H groups in total. The Balaban J connectivity index is 1.80. The SMILES string of the molecule is CCc1ccc(-c2c3ccccc3c(C3=CCCC=C3)c3ccccc23)c2ccccc12. The fraction of sp³-hybridized carbons (Fsp3) is 0.125. The van der Waals surface area contributed by atoms with Gasteiger partial charge in [0.25, 0.3) is 0 Å². The van der Waals surface area contributed by atoms with E-state index in [1.807, 2.05) is 0 Å². The molecule has 0 nitrogen and oxygen atoms in total. The van der Waals surface area contributed by atoms with Gasteiger partial charge in [-0.2, -0.15) is 0 Å². The van der Waals surface area contributed by atoms with Gasteiger partial charge < -0.3 is 0 Å². The molecule has 6 rings (SSSR count). The van der Waals surface area contributed by atoms with Crippen LogP contribution in [-0.4, -0.2) is 0 Å². The van der Waals surface area contributed by atoms with Gasteiger partial charge in [0, 0.05) is 0 Å². The van der Waals surface area contributed by atoms with Gasteiger partial charge in [-0.3, -0.25) is 0 Å². The van der Waals surface area contributed by atoms with Crippen LogP contribution in [0.3, 0.4) is 0 Å². The van der Waals surface area contributed by atoms with Crippen LogP contribution < -0.4 is 0 Å². The Morgan fingerprint density at radius 3 is 1.69 bits per heavy atom. The minimum atomic E-state index is 1.04. The molecule has 0 aliphatic heterocycles. The molecule has 5 aromatic carbocycles. The van der Waals surface area contributed by atoms with E-state index in [9.17, 15) is 0 Å². The zero-order chi connectivity index (χ0) is 21.5. The van der Waals surface area contributed by atoms with Crippen LogP contribution in [0.25, 0.3) is 49.0 Å². The monoisotopic (exact) mass is 410 g/mol. The summed E-state index contributed by atoms with van der Waals surface area (Å²) in [5, 5.41) is 8.03. The minimum Gasteiger partial charge on any atom is -0.0836 e. The summed E-state index contributed by atoms with van der Waals surface area (Å²) >= 11 is 0. The number of hydrogen-bond acceptors (Lipinski definition) is 0. The summed E-state index contributed by atoms with van der Waals surface area (Å²) < 4.78 is 0. The van der Waals surface area contributed by atoms with Crippen molar-refractivity contribution in [3.8, 4) is 11.1 Å². The Morgan fingerprint density at radius 2 is 1.12 bits per heavy atom. The van der Waals surface area contributed by atoms with Crippen molar-refractivity contribution in [1.82, 2.24) is 0 Å². The Morgan fingerprint density at radius 1 is 0.562 bits per heavy atom. The van der Waals surface area contributed by atoms with E-state index in [-0.39, 0.29) is 0 Å². The summed E-state index contributed by atoms with van der Waals surface area (Å²) in [6, 6.07) is 31.5. The molecule has 0 fully saturated rings. The van der Waals surface area contributed by atoms with Crippen LogP contribution in [-0.2, 0) is 6.42 Å². The molecule has 0 heteroatoms. The first-order chi connectivity index (χ1) is 15.9. The average Bonchev–Trinajstić information content (AvgIpc) is 2.87. The predicted molar refractivity (Wildman–Crippen MR) is 140 cm³/mol. The third-order valence-electron chi connectivity index (χ3n) is 6.88. The van der Waals surface area contributed by atoms with Crippen LogP contribution in [0.2, 0.25) is 0 Å². The Hall–Kier alpha value is -3.64. The highest BCUT2D eigenvalue weighted by Gasteiger charge is 2.18. The summed E-state index contributed by atoms with van der Waals surface area (Å²) in [6.07, 6.45) is 10.3. The summed E-state index contributed by atoms with van der Waals surface area (Å²) in [7, 11) is 0. The van der Waals surface area contributed by atoms with E-state index in [1.54, 1.807) is 0 Å². The standard InChI is InChI=1S/C32H26/c1-2-22-20-21-30(25-15-7-6-14-24(22)25)32-28-18-10-8-16-26(28)31(23-12-4-3-5-13-23)27-17-9-11-19-29(27)32/h4,6-21H,2-3,5H2,1H3. The van der Waals surface area contributed by atoms with Crippen LogP contribution in [0, 0.1) is 0 Å². The molecule has 5 aromatic rings. The first-order valence-electron chi connectivity index (χ1n) is 11.7. The molecule has 0 saturated carbocycles. The summed E-state index contributed by atoms with van der Waals surface area (Å²) in [4.78, 5) is 0. The lowest BCUT2D eigenvalue weighted by atomic mass is 9.83. The van der Waals surface area contributed by atoms with E-state index in [0.29, 0.717) is 0 Å². The lowest BCUT2D eigenvalue weighted by Crippen LogP contribution is -1.95. The first-order valence-corrected chi connectivity index (χ1v) is 11.7. The van der Waals surface area contributed by atoms with Crippen LogP contribution in [0.5, 0.6) is 0 Å². The first kappa shape index (κ1) is 19.1. The van der Waals surface area contributed by atoms with Crippen LogP contribution in [0.1, 0.15) is 30.9 Å². The van der Waals surface area contributed by atoms with E-state index in [2.05, 4.69) is 110 Å². The summed E-state index contributed by atoms with van der Waals surface area (Å²) in [5.74, 6) is 0. The normalized spacial score (nSPS) is 13.7. The van der Waals surface area contributed by atoms with E-state index in [4.69, 9.17) is 0 Å². The van der Waals surface area contributed by atoms with Crippen molar-refractivity contribution < 1.29 is 0 Å². The number of benzene rings is 5. The van der Waals surface area contributed by atoms with Gasteiger partial charge in [0.2, 0.25) is 0 Å². The number of hydrogen-bond donors (Lipinski definition) is 0. The molecule has 0 atom stereocenters. The average molecular weight is 411 g/mol. The zero-order valence-electron chi connectivity index (χ0n) is 18.4. The van der Waals surface area contributed by atoms with Crippen molar-refractivity contribution in [1.29, 1.82) is 0 Å². The minimum absolute atomic E-state index is 1.04. The molecule has 0 saturated heterocycles. The van der Waals surface area contributed by atoms with Gasteiger partial charge >= 0.3 is 0 Å². The van der Waals surface area contributed by atoms with Crippen LogP contribution >= 0.6 is 0 Å². The topological polar surface area (TPSA) is 0 Å². The maximum atomic E-state index is 2.40. The zero-order valence-corrected chi connectivity index (χ0v) is 18.4. The van der Waals surface area contributed by atoms with Gasteiger partial charge in [-0.15, -0.1) is 0 Å². The third-order valence-corrected chi connectivity index (χ3v) is 6.88. The highest BCUT2D eigenvalue weighted by molar-refractivity contribution is 6.22. The highest BCUT2D eigenvalue weighted by Crippen LogP contribution is 2.44. The van der Waals surface area contributed by atoms with Crippen LogP contribution in [0.15, 0.2) is 103 Å². The lowest BCUT2D eigenvalue weighted by Gasteiger charge is -2.20. The van der Waals surface area contributed by atoms with Crippen molar-refractivity contribution in [2.24, 2.45) is 0 Å². The predicted octanol–water partition coefficient (Wildman–Crippen LogP) is 9.11. The van der Waals surface area contributed by atoms with Gasteiger partial charge in [0.1, 0.15) is 0 Å². The van der Waals surface area contributed by atoms with Gasteiger partial charge in [-0.25, -0.2) is 0 Å². The summed E-state index contributed by atoms with van der Waals surface area (Å²) in [5.41, 5.74) is 6.79. The molecular formula is C32H26. The Kier molecular flexibility index (Phi) is 4.65. The van der Waals surface area contributed by atoms with Crippen LogP contribution in [0.4, 0.5) is 0 Å². The second-order valence-electron chi connectivity index (χ2n) is 8.65. The third kappa shape index (κ3) is 2.91. The molecule has 154 valence electrons. The van der Waals surface area contributed by atoms with Crippen molar-refractivity contribution in [3.05, 3.63) is 114 Å². The fourth-order valence-electron chi connectivity index (χ4n) is 5.42. The fourth-order valence-corrected chi connectivity index (χ4v) is 5.42. The van der Waals surface area contributed by atoms with E-state index in [0.717, 1.165) is 19.3 Å². The second kappa shape index (κ2) is 7.80. The maximum absolute atomic E-state index is 2.40. The van der Waals surface area contributed by atoms with Crippen molar-refractivity contribution in [2.75, 3.05) is 0 Å². The maximum Gasteiger partial charge on any atom is -0.00201 e. The number of fused-ring (bicyclic) bond motifs is 3.